The average Bonchev–Trinajstić information content (AvgIpc) is 2.60. The van der Waals surface area contributed by atoms with Crippen molar-refractivity contribution in [2.75, 3.05) is 19.8 Å². The van der Waals surface area contributed by atoms with E-state index in [1.807, 2.05) is 30.3 Å². The van der Waals surface area contributed by atoms with Gasteiger partial charge in [0.1, 0.15) is 0 Å². The van der Waals surface area contributed by atoms with Gasteiger partial charge in [-0.3, -0.25) is 10.3 Å². The number of rotatable bonds is 9. The first-order valence-corrected chi connectivity index (χ1v) is 8.15. The van der Waals surface area contributed by atoms with E-state index in [-0.39, 0.29) is 5.92 Å². The van der Waals surface area contributed by atoms with Crippen LogP contribution in [0.15, 0.2) is 36.9 Å². The molecule has 1 aromatic carbocycles. The molecule has 132 valence electrons. The summed E-state index contributed by atoms with van der Waals surface area (Å²) < 4.78 is 10.6. The SMILES string of the molecule is C=C(NOCCCCC1COC(C)(C(=O)O)OC1)c1ccccc1. The third kappa shape index (κ3) is 5.33. The van der Waals surface area contributed by atoms with Gasteiger partial charge in [0.25, 0.3) is 5.79 Å². The zero-order valence-corrected chi connectivity index (χ0v) is 14.0. The zero-order valence-electron chi connectivity index (χ0n) is 14.0. The van der Waals surface area contributed by atoms with E-state index in [1.165, 1.54) is 6.92 Å². The van der Waals surface area contributed by atoms with Crippen LogP contribution in [0.2, 0.25) is 0 Å². The molecule has 24 heavy (non-hydrogen) atoms. The number of aliphatic carboxylic acids is 1. The molecule has 1 heterocycles. The molecule has 0 aromatic heterocycles. The van der Waals surface area contributed by atoms with Gasteiger partial charge in [0.15, 0.2) is 0 Å². The topological polar surface area (TPSA) is 77.0 Å². The van der Waals surface area contributed by atoms with Gasteiger partial charge in [0.2, 0.25) is 0 Å². The molecule has 1 fully saturated rings. The van der Waals surface area contributed by atoms with Crippen molar-refractivity contribution >= 4 is 11.7 Å². The number of benzene rings is 1. The molecular weight excluding hydrogens is 310 g/mol. The Hall–Kier alpha value is -1.89. The Labute approximate surface area is 142 Å². The van der Waals surface area contributed by atoms with Crippen molar-refractivity contribution in [1.82, 2.24) is 5.48 Å². The summed E-state index contributed by atoms with van der Waals surface area (Å²) in [5.74, 6) is -2.36. The Morgan fingerprint density at radius 1 is 1.33 bits per heavy atom. The fourth-order valence-corrected chi connectivity index (χ4v) is 2.38. The molecule has 0 atom stereocenters. The van der Waals surface area contributed by atoms with Crippen molar-refractivity contribution in [2.45, 2.75) is 32.0 Å². The molecule has 1 saturated heterocycles. The van der Waals surface area contributed by atoms with Crippen molar-refractivity contribution in [3.8, 4) is 0 Å². The van der Waals surface area contributed by atoms with E-state index in [9.17, 15) is 4.79 Å². The van der Waals surface area contributed by atoms with Crippen LogP contribution in [-0.4, -0.2) is 36.7 Å². The van der Waals surface area contributed by atoms with Crippen LogP contribution < -0.4 is 5.48 Å². The first-order valence-electron chi connectivity index (χ1n) is 8.15. The highest BCUT2D eigenvalue weighted by atomic mass is 16.7. The van der Waals surface area contributed by atoms with Gasteiger partial charge in [-0.1, -0.05) is 43.3 Å². The second-order valence-corrected chi connectivity index (χ2v) is 6.03. The van der Waals surface area contributed by atoms with Gasteiger partial charge in [-0.25, -0.2) is 4.79 Å². The highest BCUT2D eigenvalue weighted by molar-refractivity contribution is 5.75. The van der Waals surface area contributed by atoms with Crippen molar-refractivity contribution in [2.24, 2.45) is 5.92 Å². The largest absolute Gasteiger partial charge is 0.477 e. The monoisotopic (exact) mass is 335 g/mol. The predicted octanol–water partition coefficient (Wildman–Crippen LogP) is 2.81. The summed E-state index contributed by atoms with van der Waals surface area (Å²) in [5, 5.41) is 9.00. The zero-order chi connectivity index (χ0) is 17.4. The molecule has 0 radical (unpaired) electrons. The van der Waals surface area contributed by atoms with Crippen LogP contribution in [0.5, 0.6) is 0 Å². The highest BCUT2D eigenvalue weighted by Crippen LogP contribution is 2.24. The maximum atomic E-state index is 11.0. The number of carboxylic acid groups (broad SMARTS) is 1. The summed E-state index contributed by atoms with van der Waals surface area (Å²) in [7, 11) is 0. The van der Waals surface area contributed by atoms with E-state index in [0.29, 0.717) is 19.8 Å². The van der Waals surface area contributed by atoms with Gasteiger partial charge in [0, 0.05) is 12.8 Å². The minimum absolute atomic E-state index is 0.227. The number of hydroxylamine groups is 1. The normalized spacial score (nSPS) is 23.6. The van der Waals surface area contributed by atoms with Crippen LogP contribution in [0.4, 0.5) is 0 Å². The smallest absolute Gasteiger partial charge is 0.364 e. The Kier molecular flexibility index (Phi) is 6.78. The molecule has 6 heteroatoms. The third-order valence-electron chi connectivity index (χ3n) is 4.00. The van der Waals surface area contributed by atoms with E-state index in [2.05, 4.69) is 12.1 Å². The van der Waals surface area contributed by atoms with E-state index >= 15 is 0 Å². The van der Waals surface area contributed by atoms with Gasteiger partial charge >= 0.3 is 5.97 Å². The van der Waals surface area contributed by atoms with Gasteiger partial charge < -0.3 is 14.6 Å². The molecule has 1 aliphatic rings. The lowest BCUT2D eigenvalue weighted by Gasteiger charge is -2.34. The number of hydrogen-bond acceptors (Lipinski definition) is 5. The van der Waals surface area contributed by atoms with Crippen molar-refractivity contribution in [1.29, 1.82) is 0 Å². The lowest BCUT2D eigenvalue weighted by Crippen LogP contribution is -2.47. The summed E-state index contributed by atoms with van der Waals surface area (Å²) in [6.45, 7) is 6.76. The maximum Gasteiger partial charge on any atom is 0.364 e. The van der Waals surface area contributed by atoms with Crippen molar-refractivity contribution in [3.63, 3.8) is 0 Å². The van der Waals surface area contributed by atoms with Crippen LogP contribution >= 0.6 is 0 Å². The molecular formula is C18H25NO5. The Balaban J connectivity index is 1.53. The first-order chi connectivity index (χ1) is 11.5. The van der Waals surface area contributed by atoms with Crippen LogP contribution in [0.25, 0.3) is 5.70 Å². The average molecular weight is 335 g/mol. The van der Waals surface area contributed by atoms with E-state index < -0.39 is 11.8 Å². The summed E-state index contributed by atoms with van der Waals surface area (Å²) in [5.41, 5.74) is 4.58. The quantitative estimate of drug-likeness (QED) is 0.534. The number of ether oxygens (including phenoxy) is 2. The minimum atomic E-state index is -1.50. The van der Waals surface area contributed by atoms with Gasteiger partial charge in [-0.2, -0.15) is 0 Å². The summed E-state index contributed by atoms with van der Waals surface area (Å²) >= 11 is 0. The summed E-state index contributed by atoms with van der Waals surface area (Å²) in [6, 6.07) is 9.78. The van der Waals surface area contributed by atoms with Crippen LogP contribution in [0.3, 0.4) is 0 Å². The number of hydrogen-bond donors (Lipinski definition) is 2. The van der Waals surface area contributed by atoms with E-state index in [1.54, 1.807) is 0 Å². The molecule has 0 saturated carbocycles. The van der Waals surface area contributed by atoms with Gasteiger partial charge in [0.05, 0.1) is 25.5 Å². The van der Waals surface area contributed by atoms with Gasteiger partial charge in [-0.15, -0.1) is 0 Å². The fourth-order valence-electron chi connectivity index (χ4n) is 2.38. The predicted molar refractivity (Wildman–Crippen MR) is 89.8 cm³/mol. The molecule has 0 unspecified atom stereocenters. The Morgan fingerprint density at radius 2 is 2.00 bits per heavy atom. The summed E-state index contributed by atoms with van der Waals surface area (Å²) in [6.07, 6.45) is 2.77. The van der Waals surface area contributed by atoms with Crippen molar-refractivity contribution in [3.05, 3.63) is 42.5 Å². The van der Waals surface area contributed by atoms with Crippen molar-refractivity contribution < 1.29 is 24.2 Å². The molecule has 0 spiro atoms. The highest BCUT2D eigenvalue weighted by Gasteiger charge is 2.40. The van der Waals surface area contributed by atoms with Crippen LogP contribution in [0, 0.1) is 5.92 Å². The Morgan fingerprint density at radius 3 is 2.62 bits per heavy atom. The number of carbonyl (C=O) groups is 1. The van der Waals surface area contributed by atoms with Crippen LogP contribution in [0.1, 0.15) is 31.7 Å². The molecule has 0 aliphatic carbocycles. The standard InChI is InChI=1S/C18H25NO5/c1-14(16-9-4-3-5-10-16)19-24-11-7-6-8-15-12-22-18(2,17(20)21)23-13-15/h3-5,9-10,15,19H,1,6-8,11-13H2,2H3,(H,20,21). The summed E-state index contributed by atoms with van der Waals surface area (Å²) in [4.78, 5) is 16.4. The third-order valence-corrected chi connectivity index (χ3v) is 4.00. The first kappa shape index (κ1) is 18.4. The number of carboxylic acids is 1. The number of unbranched alkanes of at least 4 members (excludes halogenated alkanes) is 1. The van der Waals surface area contributed by atoms with E-state index in [0.717, 1.165) is 30.5 Å². The lowest BCUT2D eigenvalue weighted by molar-refractivity contribution is -0.271. The fraction of sp³-hybridized carbons (Fsp3) is 0.500. The molecule has 1 aromatic rings. The maximum absolute atomic E-state index is 11.0. The van der Waals surface area contributed by atoms with Gasteiger partial charge in [-0.05, 0) is 18.4 Å². The molecule has 2 N–H and O–H groups in total. The molecule has 2 rings (SSSR count). The molecule has 0 amide bonds. The van der Waals surface area contributed by atoms with Crippen LogP contribution in [-0.2, 0) is 19.1 Å². The molecule has 0 bridgehead atoms. The minimum Gasteiger partial charge on any atom is -0.477 e. The van der Waals surface area contributed by atoms with E-state index in [4.69, 9.17) is 19.4 Å². The molecule has 1 aliphatic heterocycles. The molecule has 6 nitrogen and oxygen atoms in total. The Bertz CT molecular complexity index is 538. The number of nitrogens with one attached hydrogen (secondary N) is 1. The second kappa shape index (κ2) is 8.82. The second-order valence-electron chi connectivity index (χ2n) is 6.03. The lowest BCUT2D eigenvalue weighted by atomic mass is 10.0.